The van der Waals surface area contributed by atoms with E-state index >= 15 is 0 Å². The second-order valence-corrected chi connectivity index (χ2v) is 11.4. The third-order valence-corrected chi connectivity index (χ3v) is 7.83. The van der Waals surface area contributed by atoms with Crippen LogP contribution in [0.4, 0.5) is 5.13 Å². The predicted octanol–water partition coefficient (Wildman–Crippen LogP) is 6.63. The number of ether oxygens (including phenoxy) is 3. The number of thiazole rings is 1. The van der Waals surface area contributed by atoms with Gasteiger partial charge in [0, 0.05) is 5.56 Å². The van der Waals surface area contributed by atoms with E-state index in [-0.39, 0.29) is 27.9 Å². The summed E-state index contributed by atoms with van der Waals surface area (Å²) < 4.78 is 16.8. The summed E-state index contributed by atoms with van der Waals surface area (Å²) in [5.74, 6) is -1.06. The number of esters is 1. The van der Waals surface area contributed by atoms with Gasteiger partial charge in [-0.25, -0.2) is 9.78 Å². The minimum Gasteiger partial charge on any atom is -0.507 e. The highest BCUT2D eigenvalue weighted by Gasteiger charge is 2.48. The molecule has 4 rings (SSSR count). The number of benzene rings is 2. The van der Waals surface area contributed by atoms with E-state index in [1.807, 2.05) is 6.92 Å². The SMILES string of the molecule is C=CCOC(=O)c1sc(N2C(=O)C(=O)C(=C(O)c3ccc(OCCC)cc3)C2c2cccc(OCCC(C)C)c2)nc1C. The molecule has 1 aliphatic rings. The van der Waals surface area contributed by atoms with E-state index in [0.717, 1.165) is 24.2 Å². The molecule has 1 unspecified atom stereocenters. The maximum absolute atomic E-state index is 13.6. The lowest BCUT2D eigenvalue weighted by Gasteiger charge is -2.23. The van der Waals surface area contributed by atoms with Crippen LogP contribution in [-0.4, -0.2) is 47.6 Å². The second-order valence-electron chi connectivity index (χ2n) is 10.4. The second kappa shape index (κ2) is 14.2. The summed E-state index contributed by atoms with van der Waals surface area (Å²) in [4.78, 5) is 45.8. The molecule has 9 nitrogen and oxygen atoms in total. The number of hydrogen-bond donors (Lipinski definition) is 1. The molecule has 0 radical (unpaired) electrons. The molecule has 1 atom stereocenters. The molecule has 1 N–H and O–H groups in total. The lowest BCUT2D eigenvalue weighted by molar-refractivity contribution is -0.132. The minimum absolute atomic E-state index is 0.0158. The maximum Gasteiger partial charge on any atom is 0.350 e. The van der Waals surface area contributed by atoms with Crippen molar-refractivity contribution in [3.63, 3.8) is 0 Å². The Labute approximate surface area is 255 Å². The van der Waals surface area contributed by atoms with E-state index in [1.54, 1.807) is 55.5 Å². The van der Waals surface area contributed by atoms with Gasteiger partial charge < -0.3 is 19.3 Å². The van der Waals surface area contributed by atoms with Gasteiger partial charge in [-0.3, -0.25) is 14.5 Å². The first-order chi connectivity index (χ1) is 20.7. The van der Waals surface area contributed by atoms with Crippen LogP contribution in [0.1, 0.15) is 66.1 Å². The number of carbonyl (C=O) groups excluding carboxylic acids is 3. The number of ketones is 1. The molecule has 0 saturated carbocycles. The summed E-state index contributed by atoms with van der Waals surface area (Å²) in [6, 6.07) is 12.7. The Balaban J connectivity index is 1.81. The summed E-state index contributed by atoms with van der Waals surface area (Å²) in [7, 11) is 0. The minimum atomic E-state index is -1.03. The van der Waals surface area contributed by atoms with Gasteiger partial charge in [-0.15, -0.1) is 0 Å². The molecule has 226 valence electrons. The van der Waals surface area contributed by atoms with Crippen molar-refractivity contribution >= 4 is 39.9 Å². The van der Waals surface area contributed by atoms with Gasteiger partial charge in [0.05, 0.1) is 30.5 Å². The standard InChI is InChI=1S/C33H36N2O7S/c1-6-16-40-24-13-11-22(12-14-24)28(36)26-27(23-9-8-10-25(19-23)41-18-15-20(3)4)35(31(38)29(26)37)33-34-21(5)30(43-33)32(39)42-17-7-2/h7-14,19-20,27,36H,2,6,15-18H2,1,3-5H3. The summed E-state index contributed by atoms with van der Waals surface area (Å²) in [6.07, 6.45) is 3.14. The molecule has 1 aromatic heterocycles. The average molecular weight is 605 g/mol. The number of aryl methyl sites for hydroxylation is 1. The van der Waals surface area contributed by atoms with Crippen LogP contribution >= 0.6 is 11.3 Å². The molecule has 1 fully saturated rings. The summed E-state index contributed by atoms with van der Waals surface area (Å²) >= 11 is 0.941. The Kier molecular flexibility index (Phi) is 10.4. The van der Waals surface area contributed by atoms with Crippen molar-refractivity contribution in [1.82, 2.24) is 4.98 Å². The van der Waals surface area contributed by atoms with Crippen molar-refractivity contribution in [1.29, 1.82) is 0 Å². The number of anilines is 1. The quantitative estimate of drug-likeness (QED) is 0.0760. The average Bonchev–Trinajstić information content (AvgIpc) is 3.50. The van der Waals surface area contributed by atoms with Crippen molar-refractivity contribution < 1.29 is 33.7 Å². The lowest BCUT2D eigenvalue weighted by atomic mass is 9.95. The van der Waals surface area contributed by atoms with Crippen molar-refractivity contribution in [3.8, 4) is 11.5 Å². The first kappa shape index (κ1) is 31.5. The summed E-state index contributed by atoms with van der Waals surface area (Å²) in [5, 5.41) is 11.6. The fourth-order valence-corrected chi connectivity index (χ4v) is 5.48. The molecule has 0 bridgehead atoms. The molecule has 43 heavy (non-hydrogen) atoms. The number of rotatable bonds is 13. The number of nitrogens with zero attached hydrogens (tertiary/aromatic N) is 2. The molecule has 0 aliphatic carbocycles. The number of aliphatic hydroxyl groups excluding tert-OH is 1. The van der Waals surface area contributed by atoms with E-state index in [4.69, 9.17) is 14.2 Å². The summed E-state index contributed by atoms with van der Waals surface area (Å²) in [6.45, 7) is 12.4. The highest BCUT2D eigenvalue weighted by atomic mass is 32.1. The molecule has 1 amide bonds. The van der Waals surface area contributed by atoms with Crippen LogP contribution in [0.15, 0.2) is 66.8 Å². The van der Waals surface area contributed by atoms with Crippen LogP contribution in [0.5, 0.6) is 11.5 Å². The lowest BCUT2D eigenvalue weighted by Crippen LogP contribution is -2.29. The van der Waals surface area contributed by atoms with E-state index < -0.39 is 23.7 Å². The molecule has 3 aromatic rings. The first-order valence-electron chi connectivity index (χ1n) is 14.2. The van der Waals surface area contributed by atoms with E-state index in [0.29, 0.717) is 47.5 Å². The zero-order chi connectivity index (χ0) is 31.1. The van der Waals surface area contributed by atoms with Gasteiger partial charge in [-0.1, -0.05) is 56.9 Å². The van der Waals surface area contributed by atoms with Crippen molar-refractivity contribution in [2.75, 3.05) is 24.7 Å². The Morgan fingerprint density at radius 1 is 1.12 bits per heavy atom. The summed E-state index contributed by atoms with van der Waals surface area (Å²) in [5.41, 5.74) is 1.13. The van der Waals surface area contributed by atoms with Gasteiger partial charge in [0.2, 0.25) is 0 Å². The zero-order valence-electron chi connectivity index (χ0n) is 24.8. The molecule has 0 spiro atoms. The van der Waals surface area contributed by atoms with Crippen LogP contribution in [0.2, 0.25) is 0 Å². The molecule has 1 aliphatic heterocycles. The van der Waals surface area contributed by atoms with Crippen LogP contribution in [-0.2, 0) is 14.3 Å². The van der Waals surface area contributed by atoms with Crippen molar-refractivity contribution in [2.45, 2.75) is 46.6 Å². The number of aliphatic hydroxyl groups is 1. The Bertz CT molecular complexity index is 1520. The van der Waals surface area contributed by atoms with Crippen molar-refractivity contribution in [3.05, 3.63) is 88.5 Å². The van der Waals surface area contributed by atoms with Crippen LogP contribution in [0.25, 0.3) is 5.76 Å². The van der Waals surface area contributed by atoms with Gasteiger partial charge in [0.1, 0.15) is 28.7 Å². The fourth-order valence-electron chi connectivity index (χ4n) is 4.49. The Morgan fingerprint density at radius 2 is 1.84 bits per heavy atom. The van der Waals surface area contributed by atoms with E-state index in [9.17, 15) is 19.5 Å². The van der Waals surface area contributed by atoms with Crippen LogP contribution < -0.4 is 14.4 Å². The number of carbonyl (C=O) groups is 3. The van der Waals surface area contributed by atoms with Gasteiger partial charge in [-0.2, -0.15) is 0 Å². The molecular formula is C33H36N2O7S. The third-order valence-electron chi connectivity index (χ3n) is 6.69. The molecule has 10 heteroatoms. The van der Waals surface area contributed by atoms with Gasteiger partial charge >= 0.3 is 11.9 Å². The van der Waals surface area contributed by atoms with Crippen molar-refractivity contribution in [2.24, 2.45) is 5.92 Å². The van der Waals surface area contributed by atoms with Crippen LogP contribution in [0.3, 0.4) is 0 Å². The number of aromatic nitrogens is 1. The van der Waals surface area contributed by atoms with Gasteiger partial charge in [0.25, 0.3) is 5.78 Å². The predicted molar refractivity (Wildman–Crippen MR) is 166 cm³/mol. The normalized spacial score (nSPS) is 16.0. The zero-order valence-corrected chi connectivity index (χ0v) is 25.6. The van der Waals surface area contributed by atoms with E-state index in [1.165, 1.54) is 11.0 Å². The van der Waals surface area contributed by atoms with Gasteiger partial charge in [-0.05, 0) is 67.6 Å². The van der Waals surface area contributed by atoms with Gasteiger partial charge in [0.15, 0.2) is 5.13 Å². The highest BCUT2D eigenvalue weighted by Crippen LogP contribution is 2.44. The highest BCUT2D eigenvalue weighted by molar-refractivity contribution is 7.17. The number of hydrogen-bond acceptors (Lipinski definition) is 9. The molecule has 2 aromatic carbocycles. The Hall–Kier alpha value is -4.44. The smallest absolute Gasteiger partial charge is 0.350 e. The first-order valence-corrected chi connectivity index (χ1v) is 15.0. The Morgan fingerprint density at radius 3 is 2.51 bits per heavy atom. The van der Waals surface area contributed by atoms with Crippen LogP contribution in [0, 0.1) is 12.8 Å². The number of amides is 1. The monoisotopic (exact) mass is 604 g/mol. The third kappa shape index (κ3) is 7.14. The molecular weight excluding hydrogens is 568 g/mol. The largest absolute Gasteiger partial charge is 0.507 e. The maximum atomic E-state index is 13.6. The fraction of sp³-hybridized carbons (Fsp3) is 0.333. The number of Topliss-reactive ketones (excluding diaryl/α,β-unsaturated/α-hetero) is 1. The molecule has 2 heterocycles. The van der Waals surface area contributed by atoms with E-state index in [2.05, 4.69) is 25.4 Å². The topological polar surface area (TPSA) is 115 Å². The molecule has 1 saturated heterocycles.